The van der Waals surface area contributed by atoms with Crippen LogP contribution in [0.15, 0.2) is 52.5 Å². The molecule has 0 heterocycles. The average Bonchev–Trinajstić information content (AvgIpc) is 2.58. The van der Waals surface area contributed by atoms with E-state index in [1.807, 2.05) is 12.1 Å². The third-order valence-corrected chi connectivity index (χ3v) is 3.86. The molecule has 0 aliphatic heterocycles. The second-order valence-electron chi connectivity index (χ2n) is 4.77. The molecule has 0 saturated heterocycles. The number of nitrogens with zero attached hydrogens (tertiary/aromatic N) is 2. The predicted octanol–water partition coefficient (Wildman–Crippen LogP) is 4.55. The molecule has 0 spiro atoms. The smallest absolute Gasteiger partial charge is 0.266 e. The summed E-state index contributed by atoms with van der Waals surface area (Å²) in [5.74, 6) is -0.0358. The zero-order valence-corrected chi connectivity index (χ0v) is 15.1. The number of nitrogens with one attached hydrogen (secondary N) is 1. The highest BCUT2D eigenvalue weighted by Crippen LogP contribution is 2.27. The normalized spacial score (nSPS) is 10.5. The Morgan fingerprint density at radius 2 is 2.08 bits per heavy atom. The SMILES string of the molecule is N#CCOc1ccc(/C=C(\C#N)C(=O)Nc2cccc(Cl)c2)cc1Br. The quantitative estimate of drug-likeness (QED) is 0.572. The van der Waals surface area contributed by atoms with E-state index < -0.39 is 5.91 Å². The van der Waals surface area contributed by atoms with Crippen LogP contribution in [0.2, 0.25) is 5.02 Å². The van der Waals surface area contributed by atoms with Crippen molar-refractivity contribution in [2.75, 3.05) is 11.9 Å². The third kappa shape index (κ3) is 5.36. The van der Waals surface area contributed by atoms with Crippen molar-refractivity contribution >= 4 is 45.2 Å². The number of nitriles is 2. The van der Waals surface area contributed by atoms with Crippen LogP contribution in [0, 0.1) is 22.7 Å². The number of rotatable bonds is 5. The summed E-state index contributed by atoms with van der Waals surface area (Å²) in [5, 5.41) is 20.9. The lowest BCUT2D eigenvalue weighted by molar-refractivity contribution is -0.112. The largest absolute Gasteiger partial charge is 0.478 e. The maximum Gasteiger partial charge on any atom is 0.266 e. The molecule has 124 valence electrons. The Morgan fingerprint density at radius 3 is 2.72 bits per heavy atom. The molecule has 1 N–H and O–H groups in total. The first kappa shape index (κ1) is 18.5. The first-order chi connectivity index (χ1) is 12.0. The molecule has 0 saturated carbocycles. The molecule has 0 aromatic heterocycles. The first-order valence-corrected chi connectivity index (χ1v) is 8.18. The van der Waals surface area contributed by atoms with Crippen LogP contribution in [0.3, 0.4) is 0 Å². The van der Waals surface area contributed by atoms with Gasteiger partial charge in [0, 0.05) is 10.7 Å². The van der Waals surface area contributed by atoms with Crippen molar-refractivity contribution in [1.82, 2.24) is 0 Å². The predicted molar refractivity (Wildman–Crippen MR) is 98.9 cm³/mol. The van der Waals surface area contributed by atoms with Gasteiger partial charge >= 0.3 is 0 Å². The molecular weight excluding hydrogens is 406 g/mol. The number of halogens is 2. The molecule has 2 rings (SSSR count). The molecule has 0 bridgehead atoms. The summed E-state index contributed by atoms with van der Waals surface area (Å²) in [7, 11) is 0. The summed E-state index contributed by atoms with van der Waals surface area (Å²) in [4.78, 5) is 12.2. The van der Waals surface area contributed by atoms with Crippen molar-refractivity contribution in [3.05, 3.63) is 63.1 Å². The highest BCUT2D eigenvalue weighted by atomic mass is 79.9. The number of hydrogen-bond acceptors (Lipinski definition) is 4. The fourth-order valence-electron chi connectivity index (χ4n) is 1.91. The van der Waals surface area contributed by atoms with Crippen molar-refractivity contribution < 1.29 is 9.53 Å². The zero-order valence-electron chi connectivity index (χ0n) is 12.8. The van der Waals surface area contributed by atoms with E-state index in [1.54, 1.807) is 42.5 Å². The lowest BCUT2D eigenvalue weighted by Gasteiger charge is -2.06. The number of amides is 1. The van der Waals surface area contributed by atoms with E-state index in [9.17, 15) is 10.1 Å². The highest BCUT2D eigenvalue weighted by molar-refractivity contribution is 9.10. The van der Waals surface area contributed by atoms with Gasteiger partial charge in [-0.2, -0.15) is 10.5 Å². The molecule has 2 aromatic rings. The summed E-state index contributed by atoms with van der Waals surface area (Å²) in [5.41, 5.74) is 1.08. The number of carbonyl (C=O) groups excluding carboxylic acids is 1. The van der Waals surface area contributed by atoms with Crippen molar-refractivity contribution in [3.63, 3.8) is 0 Å². The number of benzene rings is 2. The number of ether oxygens (including phenoxy) is 1. The van der Waals surface area contributed by atoms with Crippen molar-refractivity contribution in [2.45, 2.75) is 0 Å². The van der Waals surface area contributed by atoms with Gasteiger partial charge < -0.3 is 10.1 Å². The Morgan fingerprint density at radius 1 is 1.28 bits per heavy atom. The standard InChI is InChI=1S/C18H11BrClN3O2/c19-16-9-12(4-5-17(16)25-7-6-21)8-13(11-22)18(24)23-15-3-1-2-14(20)10-15/h1-5,8-10H,7H2,(H,23,24)/b13-8+. The molecule has 0 radical (unpaired) electrons. The fraction of sp³-hybridized carbons (Fsp3) is 0.0556. The van der Waals surface area contributed by atoms with E-state index in [4.69, 9.17) is 21.6 Å². The van der Waals surface area contributed by atoms with Crippen molar-refractivity contribution in [3.8, 4) is 17.9 Å². The maximum atomic E-state index is 12.2. The Kier molecular flexibility index (Phi) is 6.59. The van der Waals surface area contributed by atoms with Crippen molar-refractivity contribution in [1.29, 1.82) is 10.5 Å². The second kappa shape index (κ2) is 8.89. The van der Waals surface area contributed by atoms with Crippen LogP contribution in [0.5, 0.6) is 5.75 Å². The van der Waals surface area contributed by atoms with Gasteiger partial charge in [-0.05, 0) is 57.9 Å². The summed E-state index contributed by atoms with van der Waals surface area (Å²) in [6.45, 7) is -0.0702. The Labute approximate surface area is 158 Å². The number of carbonyl (C=O) groups is 1. The molecule has 5 nitrogen and oxygen atoms in total. The van der Waals surface area contributed by atoms with Crippen LogP contribution in [0.25, 0.3) is 6.08 Å². The fourth-order valence-corrected chi connectivity index (χ4v) is 2.62. The molecule has 0 aliphatic carbocycles. The van der Waals surface area contributed by atoms with Gasteiger partial charge in [0.1, 0.15) is 23.5 Å². The minimum absolute atomic E-state index is 0.0578. The van der Waals surface area contributed by atoms with Crippen LogP contribution in [-0.4, -0.2) is 12.5 Å². The Balaban J connectivity index is 2.19. The van der Waals surface area contributed by atoms with Gasteiger partial charge in [0.2, 0.25) is 0 Å². The highest BCUT2D eigenvalue weighted by Gasteiger charge is 2.10. The van der Waals surface area contributed by atoms with Crippen LogP contribution < -0.4 is 10.1 Å². The molecule has 0 fully saturated rings. The minimum Gasteiger partial charge on any atom is -0.478 e. The first-order valence-electron chi connectivity index (χ1n) is 7.01. The third-order valence-electron chi connectivity index (χ3n) is 3.01. The molecule has 2 aromatic carbocycles. The van der Waals surface area contributed by atoms with Gasteiger partial charge in [-0.15, -0.1) is 0 Å². The van der Waals surface area contributed by atoms with E-state index >= 15 is 0 Å². The lowest BCUT2D eigenvalue weighted by atomic mass is 10.1. The summed E-state index contributed by atoms with van der Waals surface area (Å²) < 4.78 is 5.84. The van der Waals surface area contributed by atoms with Gasteiger partial charge in [-0.3, -0.25) is 4.79 Å². The van der Waals surface area contributed by atoms with Gasteiger partial charge in [-0.1, -0.05) is 23.7 Å². The van der Waals surface area contributed by atoms with Gasteiger partial charge in [0.15, 0.2) is 6.61 Å². The van der Waals surface area contributed by atoms with E-state index in [2.05, 4.69) is 21.2 Å². The summed E-state index contributed by atoms with van der Waals surface area (Å²) in [6, 6.07) is 15.4. The van der Waals surface area contributed by atoms with Gasteiger partial charge in [0.05, 0.1) is 4.47 Å². The van der Waals surface area contributed by atoms with Crippen LogP contribution in [-0.2, 0) is 4.79 Å². The molecule has 25 heavy (non-hydrogen) atoms. The Bertz CT molecular complexity index is 913. The van der Waals surface area contributed by atoms with Crippen LogP contribution in [0.1, 0.15) is 5.56 Å². The summed E-state index contributed by atoms with van der Waals surface area (Å²) in [6.07, 6.45) is 1.46. The zero-order chi connectivity index (χ0) is 18.2. The molecule has 0 atom stereocenters. The van der Waals surface area contributed by atoms with Crippen LogP contribution >= 0.6 is 27.5 Å². The Hall–Kier alpha value is -2.80. The average molecular weight is 417 g/mol. The van der Waals surface area contributed by atoms with Gasteiger partial charge in [-0.25, -0.2) is 0 Å². The maximum absolute atomic E-state index is 12.2. The van der Waals surface area contributed by atoms with Gasteiger partial charge in [0.25, 0.3) is 5.91 Å². The summed E-state index contributed by atoms with van der Waals surface area (Å²) >= 11 is 9.20. The number of anilines is 1. The molecular formula is C18H11BrClN3O2. The second-order valence-corrected chi connectivity index (χ2v) is 6.06. The monoisotopic (exact) mass is 415 g/mol. The van der Waals surface area contributed by atoms with E-state index in [0.29, 0.717) is 26.5 Å². The molecule has 1 amide bonds. The van der Waals surface area contributed by atoms with E-state index in [1.165, 1.54) is 6.08 Å². The number of hydrogen-bond donors (Lipinski definition) is 1. The molecule has 0 aliphatic rings. The van der Waals surface area contributed by atoms with Crippen molar-refractivity contribution in [2.24, 2.45) is 0 Å². The minimum atomic E-state index is -0.536. The lowest BCUT2D eigenvalue weighted by Crippen LogP contribution is -2.13. The molecule has 0 unspecified atom stereocenters. The molecule has 7 heteroatoms. The van der Waals surface area contributed by atoms with Crippen LogP contribution in [0.4, 0.5) is 5.69 Å². The van der Waals surface area contributed by atoms with E-state index in [0.717, 1.165) is 0 Å². The topological polar surface area (TPSA) is 85.9 Å². The van der Waals surface area contributed by atoms with E-state index in [-0.39, 0.29) is 12.2 Å².